The van der Waals surface area contributed by atoms with Crippen molar-refractivity contribution < 1.29 is 4.79 Å². The number of aromatic nitrogens is 2. The van der Waals surface area contributed by atoms with Crippen molar-refractivity contribution in [3.05, 3.63) is 24.0 Å². The Balaban J connectivity index is 1.35. The van der Waals surface area contributed by atoms with Gasteiger partial charge in [0.1, 0.15) is 5.82 Å². The number of nitrogens with zero attached hydrogens (tertiary/aromatic N) is 1. The van der Waals surface area contributed by atoms with Gasteiger partial charge in [0.15, 0.2) is 0 Å². The highest BCUT2D eigenvalue weighted by molar-refractivity contribution is 5.95. The van der Waals surface area contributed by atoms with Gasteiger partial charge < -0.3 is 16.0 Å². The molecular weight excluding hydrogens is 300 g/mol. The first-order chi connectivity index (χ1) is 11.7. The lowest BCUT2D eigenvalue weighted by Crippen LogP contribution is -2.42. The molecule has 1 heterocycles. The van der Waals surface area contributed by atoms with E-state index in [-0.39, 0.29) is 17.9 Å². The zero-order chi connectivity index (χ0) is 16.3. The smallest absolute Gasteiger partial charge is 0.229 e. The molecule has 5 rings (SSSR count). The number of rotatable bonds is 3. The Morgan fingerprint density at radius 2 is 2.04 bits per heavy atom. The van der Waals surface area contributed by atoms with E-state index in [0.29, 0.717) is 17.8 Å². The molecule has 3 saturated carbocycles. The van der Waals surface area contributed by atoms with Crippen molar-refractivity contribution in [2.24, 2.45) is 23.5 Å². The highest BCUT2D eigenvalue weighted by Gasteiger charge is 2.49. The molecule has 3 aliphatic rings. The molecule has 0 spiro atoms. The summed E-state index contributed by atoms with van der Waals surface area (Å²) in [6, 6.07) is 5.97. The van der Waals surface area contributed by atoms with Gasteiger partial charge in [-0.15, -0.1) is 0 Å². The van der Waals surface area contributed by atoms with Crippen LogP contribution in [0.5, 0.6) is 0 Å². The number of aromatic amines is 1. The maximum Gasteiger partial charge on any atom is 0.229 e. The highest BCUT2D eigenvalue weighted by atomic mass is 16.2. The van der Waals surface area contributed by atoms with Gasteiger partial charge in [0.25, 0.3) is 0 Å². The number of H-pyrrole nitrogens is 1. The summed E-state index contributed by atoms with van der Waals surface area (Å²) in [7, 11) is 0. The monoisotopic (exact) mass is 324 g/mol. The van der Waals surface area contributed by atoms with Gasteiger partial charge in [-0.1, -0.05) is 6.42 Å². The predicted octanol–water partition coefficient (Wildman–Crippen LogP) is 3.14. The average Bonchev–Trinajstić information content (AvgIpc) is 3.18. The number of carbonyl (C=O) groups is 1. The Hall–Kier alpha value is -1.88. The van der Waals surface area contributed by atoms with Gasteiger partial charge in [-0.05, 0) is 62.1 Å². The lowest BCUT2D eigenvalue weighted by atomic mass is 9.84. The fourth-order valence-electron chi connectivity index (χ4n) is 4.93. The van der Waals surface area contributed by atoms with Gasteiger partial charge in [-0.3, -0.25) is 4.79 Å². The van der Waals surface area contributed by atoms with Crippen LogP contribution in [0.3, 0.4) is 0 Å². The van der Waals surface area contributed by atoms with Gasteiger partial charge in [-0.25, -0.2) is 4.98 Å². The van der Waals surface area contributed by atoms with Crippen molar-refractivity contribution >= 4 is 22.6 Å². The van der Waals surface area contributed by atoms with E-state index in [4.69, 9.17) is 5.73 Å². The molecule has 2 aromatic rings. The molecule has 4 atom stereocenters. The summed E-state index contributed by atoms with van der Waals surface area (Å²) in [5.41, 5.74) is 9.11. The molecule has 1 amide bonds. The summed E-state index contributed by atoms with van der Waals surface area (Å²) < 4.78 is 0. The van der Waals surface area contributed by atoms with E-state index in [0.717, 1.165) is 35.4 Å². The van der Waals surface area contributed by atoms with Crippen LogP contribution < -0.4 is 11.1 Å². The number of benzene rings is 1. The van der Waals surface area contributed by atoms with E-state index in [2.05, 4.69) is 15.3 Å². The number of carbonyl (C=O) groups excluding carboxylic acids is 1. The number of hydrogen-bond donors (Lipinski definition) is 3. The molecule has 3 fully saturated rings. The maximum absolute atomic E-state index is 12.7. The second-order valence-corrected chi connectivity index (χ2v) is 7.91. The lowest BCUT2D eigenvalue weighted by molar-refractivity contribution is -0.121. The number of nitrogens with one attached hydrogen (secondary N) is 2. The first-order valence-corrected chi connectivity index (χ1v) is 9.25. The Morgan fingerprint density at radius 3 is 2.75 bits per heavy atom. The normalized spacial score (nSPS) is 32.2. The SMILES string of the molecule is NC1C2CCC(C2)C1C(=O)Nc1ccc2nc(C3CCC3)[nH]c2c1. The molecule has 3 aliphatic carbocycles. The second-order valence-electron chi connectivity index (χ2n) is 7.91. The molecule has 5 heteroatoms. The molecule has 1 aromatic heterocycles. The van der Waals surface area contributed by atoms with E-state index in [9.17, 15) is 4.79 Å². The molecule has 1 aromatic carbocycles. The van der Waals surface area contributed by atoms with Crippen molar-refractivity contribution in [2.45, 2.75) is 50.5 Å². The molecule has 126 valence electrons. The second kappa shape index (κ2) is 5.31. The molecule has 0 aliphatic heterocycles. The fraction of sp³-hybridized carbons (Fsp3) is 0.579. The third kappa shape index (κ3) is 2.18. The maximum atomic E-state index is 12.7. The molecule has 4 unspecified atom stereocenters. The zero-order valence-electron chi connectivity index (χ0n) is 13.8. The average molecular weight is 324 g/mol. The van der Waals surface area contributed by atoms with Gasteiger partial charge in [0.05, 0.1) is 17.0 Å². The minimum absolute atomic E-state index is 0.0215. The molecular formula is C19H24N4O. The minimum Gasteiger partial charge on any atom is -0.342 e. The minimum atomic E-state index is -0.0215. The predicted molar refractivity (Wildman–Crippen MR) is 93.6 cm³/mol. The van der Waals surface area contributed by atoms with Crippen molar-refractivity contribution in [1.29, 1.82) is 0 Å². The third-order valence-corrected chi connectivity index (χ3v) is 6.54. The van der Waals surface area contributed by atoms with Crippen LogP contribution in [0.4, 0.5) is 5.69 Å². The van der Waals surface area contributed by atoms with Crippen LogP contribution in [-0.4, -0.2) is 21.9 Å². The first-order valence-electron chi connectivity index (χ1n) is 9.25. The zero-order valence-corrected chi connectivity index (χ0v) is 13.8. The Kier molecular flexibility index (Phi) is 3.20. The summed E-state index contributed by atoms with van der Waals surface area (Å²) in [5.74, 6) is 2.77. The van der Waals surface area contributed by atoms with Crippen molar-refractivity contribution in [3.8, 4) is 0 Å². The van der Waals surface area contributed by atoms with Crippen LogP contribution in [0.15, 0.2) is 18.2 Å². The number of amides is 1. The molecule has 4 N–H and O–H groups in total. The van der Waals surface area contributed by atoms with E-state index in [1.165, 1.54) is 25.7 Å². The van der Waals surface area contributed by atoms with Crippen LogP contribution in [0, 0.1) is 17.8 Å². The standard InChI is InChI=1S/C19H24N4O/c20-17-12-5-4-11(8-12)16(17)19(24)21-13-6-7-14-15(9-13)23-18(22-14)10-2-1-3-10/h6-7,9-12,16-17H,1-5,8,20H2,(H,21,24)(H,22,23). The van der Waals surface area contributed by atoms with Gasteiger partial charge >= 0.3 is 0 Å². The Labute approximate surface area is 141 Å². The van der Waals surface area contributed by atoms with E-state index < -0.39 is 0 Å². The van der Waals surface area contributed by atoms with E-state index in [1.807, 2.05) is 18.2 Å². The van der Waals surface area contributed by atoms with Crippen molar-refractivity contribution in [3.63, 3.8) is 0 Å². The number of hydrogen-bond acceptors (Lipinski definition) is 3. The van der Waals surface area contributed by atoms with Gasteiger partial charge in [0, 0.05) is 17.6 Å². The number of nitrogens with two attached hydrogens (primary N) is 1. The van der Waals surface area contributed by atoms with Crippen LogP contribution in [-0.2, 0) is 4.79 Å². The van der Waals surface area contributed by atoms with Crippen LogP contribution in [0.2, 0.25) is 0 Å². The molecule has 0 saturated heterocycles. The highest BCUT2D eigenvalue weighted by Crippen LogP contribution is 2.48. The van der Waals surface area contributed by atoms with E-state index >= 15 is 0 Å². The van der Waals surface area contributed by atoms with Gasteiger partial charge in [-0.2, -0.15) is 0 Å². The Morgan fingerprint density at radius 1 is 1.21 bits per heavy atom. The summed E-state index contributed by atoms with van der Waals surface area (Å²) in [4.78, 5) is 20.8. The van der Waals surface area contributed by atoms with Crippen LogP contribution in [0.25, 0.3) is 11.0 Å². The fourth-order valence-corrected chi connectivity index (χ4v) is 4.93. The topological polar surface area (TPSA) is 83.8 Å². The summed E-state index contributed by atoms with van der Waals surface area (Å²) in [6.45, 7) is 0. The van der Waals surface area contributed by atoms with Crippen molar-refractivity contribution in [2.75, 3.05) is 5.32 Å². The summed E-state index contributed by atoms with van der Waals surface area (Å²) in [5, 5.41) is 3.09. The van der Waals surface area contributed by atoms with Crippen molar-refractivity contribution in [1.82, 2.24) is 9.97 Å². The molecule has 5 nitrogen and oxygen atoms in total. The third-order valence-electron chi connectivity index (χ3n) is 6.54. The number of imidazole rings is 1. The molecule has 24 heavy (non-hydrogen) atoms. The number of anilines is 1. The quantitative estimate of drug-likeness (QED) is 0.811. The summed E-state index contributed by atoms with van der Waals surface area (Å²) in [6.07, 6.45) is 7.23. The van der Waals surface area contributed by atoms with Gasteiger partial charge in [0.2, 0.25) is 5.91 Å². The van der Waals surface area contributed by atoms with E-state index in [1.54, 1.807) is 0 Å². The number of fused-ring (bicyclic) bond motifs is 3. The molecule has 2 bridgehead atoms. The lowest BCUT2D eigenvalue weighted by Gasteiger charge is -2.27. The summed E-state index contributed by atoms with van der Waals surface area (Å²) >= 11 is 0. The van der Waals surface area contributed by atoms with Crippen LogP contribution >= 0.6 is 0 Å². The first kappa shape index (κ1) is 14.5. The Bertz CT molecular complexity index is 792. The molecule has 0 radical (unpaired) electrons. The largest absolute Gasteiger partial charge is 0.342 e. The van der Waals surface area contributed by atoms with Crippen LogP contribution in [0.1, 0.15) is 50.3 Å².